The summed E-state index contributed by atoms with van der Waals surface area (Å²) in [6.07, 6.45) is 0.411. The number of methoxy groups -OCH3 is 1. The number of ether oxygens (including phenoxy) is 2. The first kappa shape index (κ1) is 15.1. The first-order valence-electron chi connectivity index (χ1n) is 7.10. The second-order valence-electron chi connectivity index (χ2n) is 4.99. The second-order valence-corrected chi connectivity index (χ2v) is 4.99. The van der Waals surface area contributed by atoms with Crippen molar-refractivity contribution in [3.05, 3.63) is 0 Å². The highest BCUT2D eigenvalue weighted by atomic mass is 16.5. The largest absolute Gasteiger partial charge is 0.384 e. The van der Waals surface area contributed by atoms with Crippen LogP contribution in [0.25, 0.3) is 0 Å². The highest BCUT2D eigenvalue weighted by Crippen LogP contribution is 2.08. The van der Waals surface area contributed by atoms with Gasteiger partial charge in [-0.1, -0.05) is 0 Å². The fraction of sp³-hybridized carbons (Fsp3) is 0.846. The summed E-state index contributed by atoms with van der Waals surface area (Å²) in [6.45, 7) is 5.42. The predicted molar refractivity (Wildman–Crippen MR) is 72.4 cm³/mol. The lowest BCUT2D eigenvalue weighted by molar-refractivity contribution is -0.133. The zero-order valence-corrected chi connectivity index (χ0v) is 12.0. The Morgan fingerprint density at radius 1 is 0.950 bits per heavy atom. The quantitative estimate of drug-likeness (QED) is 0.709. The van der Waals surface area contributed by atoms with Gasteiger partial charge >= 0.3 is 6.03 Å². The van der Waals surface area contributed by atoms with Gasteiger partial charge in [-0.15, -0.1) is 0 Å². The van der Waals surface area contributed by atoms with Gasteiger partial charge in [0.1, 0.15) is 0 Å². The van der Waals surface area contributed by atoms with Crippen LogP contribution in [0, 0.1) is 0 Å². The van der Waals surface area contributed by atoms with Crippen LogP contribution in [-0.2, 0) is 14.3 Å². The van der Waals surface area contributed by atoms with Crippen LogP contribution in [0.3, 0.4) is 0 Å². The van der Waals surface area contributed by atoms with E-state index in [0.29, 0.717) is 65.5 Å². The smallest absolute Gasteiger partial charge is 0.320 e. The highest BCUT2D eigenvalue weighted by molar-refractivity contribution is 5.78. The number of hydrogen-bond donors (Lipinski definition) is 0. The van der Waals surface area contributed by atoms with Crippen molar-refractivity contribution in [2.45, 2.75) is 6.42 Å². The summed E-state index contributed by atoms with van der Waals surface area (Å²) in [5, 5.41) is 0. The van der Waals surface area contributed by atoms with Crippen molar-refractivity contribution in [1.29, 1.82) is 0 Å². The zero-order chi connectivity index (χ0) is 14.4. The van der Waals surface area contributed by atoms with Gasteiger partial charge in [0, 0.05) is 46.4 Å². The van der Waals surface area contributed by atoms with Crippen molar-refractivity contribution in [3.8, 4) is 0 Å². The number of carbonyl (C=O) groups excluding carboxylic acids is 2. The summed E-state index contributed by atoms with van der Waals surface area (Å²) in [5.74, 6) is 0.102. The molecule has 0 aromatic rings. The van der Waals surface area contributed by atoms with Gasteiger partial charge in [-0.2, -0.15) is 0 Å². The Morgan fingerprint density at radius 2 is 1.50 bits per heavy atom. The van der Waals surface area contributed by atoms with Gasteiger partial charge in [0.05, 0.1) is 26.2 Å². The van der Waals surface area contributed by atoms with Crippen molar-refractivity contribution >= 4 is 11.9 Å². The number of piperazine rings is 1. The average Bonchev–Trinajstić information content (AvgIpc) is 2.53. The minimum Gasteiger partial charge on any atom is -0.384 e. The van der Waals surface area contributed by atoms with Crippen LogP contribution in [-0.4, -0.2) is 92.8 Å². The molecule has 0 N–H and O–H groups in total. The summed E-state index contributed by atoms with van der Waals surface area (Å²) >= 11 is 0. The number of nitrogens with zero attached hydrogens (tertiary/aromatic N) is 3. The van der Waals surface area contributed by atoms with E-state index in [1.54, 1.807) is 7.11 Å². The van der Waals surface area contributed by atoms with Gasteiger partial charge in [-0.3, -0.25) is 4.79 Å². The molecule has 0 radical (unpaired) electrons. The predicted octanol–water partition coefficient (Wildman–Crippen LogP) is -0.381. The van der Waals surface area contributed by atoms with Crippen LogP contribution in [0.2, 0.25) is 0 Å². The van der Waals surface area contributed by atoms with Gasteiger partial charge in [0.15, 0.2) is 0 Å². The molecule has 0 unspecified atom stereocenters. The molecule has 2 heterocycles. The Labute approximate surface area is 119 Å². The van der Waals surface area contributed by atoms with E-state index < -0.39 is 0 Å². The molecule has 2 saturated heterocycles. The number of amides is 3. The van der Waals surface area contributed by atoms with Gasteiger partial charge in [0.2, 0.25) is 5.91 Å². The molecule has 0 saturated carbocycles. The van der Waals surface area contributed by atoms with Gasteiger partial charge in [-0.05, 0) is 0 Å². The molecule has 2 aliphatic rings. The molecule has 2 rings (SSSR count). The van der Waals surface area contributed by atoms with Crippen LogP contribution < -0.4 is 0 Å². The summed E-state index contributed by atoms with van der Waals surface area (Å²) in [4.78, 5) is 29.6. The molecule has 7 nitrogen and oxygen atoms in total. The Kier molecular flexibility index (Phi) is 5.60. The Morgan fingerprint density at radius 3 is 2.10 bits per heavy atom. The zero-order valence-electron chi connectivity index (χ0n) is 12.0. The minimum atomic E-state index is 0.0669. The summed E-state index contributed by atoms with van der Waals surface area (Å²) in [7, 11) is 1.59. The standard InChI is InChI=1S/C13H23N3O4/c1-19-9-2-12(17)14-3-5-15(6-4-14)13(18)16-7-10-20-11-8-16/h2-11H2,1H3. The Bertz CT molecular complexity index is 337. The lowest BCUT2D eigenvalue weighted by atomic mass is 10.3. The lowest BCUT2D eigenvalue weighted by Gasteiger charge is -2.38. The number of morpholine rings is 1. The molecule has 0 aliphatic carbocycles. The van der Waals surface area contributed by atoms with E-state index in [-0.39, 0.29) is 11.9 Å². The fourth-order valence-corrected chi connectivity index (χ4v) is 2.45. The normalized spacial score (nSPS) is 20.1. The first-order valence-corrected chi connectivity index (χ1v) is 7.10. The van der Waals surface area contributed by atoms with Crippen LogP contribution in [0.1, 0.15) is 6.42 Å². The topological polar surface area (TPSA) is 62.3 Å². The van der Waals surface area contributed by atoms with Crippen molar-refractivity contribution in [2.24, 2.45) is 0 Å². The number of carbonyl (C=O) groups is 2. The maximum absolute atomic E-state index is 12.3. The maximum atomic E-state index is 12.3. The Hall–Kier alpha value is -1.34. The molecule has 20 heavy (non-hydrogen) atoms. The molecule has 0 bridgehead atoms. The highest BCUT2D eigenvalue weighted by Gasteiger charge is 2.27. The van der Waals surface area contributed by atoms with Gasteiger partial charge < -0.3 is 24.2 Å². The van der Waals surface area contributed by atoms with E-state index >= 15 is 0 Å². The van der Waals surface area contributed by atoms with Crippen LogP contribution in [0.15, 0.2) is 0 Å². The molecule has 0 atom stereocenters. The van der Waals surface area contributed by atoms with E-state index in [0.717, 1.165) is 0 Å². The monoisotopic (exact) mass is 285 g/mol. The molecule has 114 valence electrons. The third kappa shape index (κ3) is 3.83. The van der Waals surface area contributed by atoms with E-state index in [1.165, 1.54) is 0 Å². The lowest BCUT2D eigenvalue weighted by Crippen LogP contribution is -2.55. The molecule has 2 aliphatic heterocycles. The number of rotatable bonds is 3. The molecular formula is C13H23N3O4. The van der Waals surface area contributed by atoms with Crippen molar-refractivity contribution in [2.75, 3.05) is 66.2 Å². The average molecular weight is 285 g/mol. The molecular weight excluding hydrogens is 262 g/mol. The van der Waals surface area contributed by atoms with E-state index in [2.05, 4.69) is 0 Å². The minimum absolute atomic E-state index is 0.0669. The maximum Gasteiger partial charge on any atom is 0.320 e. The fourth-order valence-electron chi connectivity index (χ4n) is 2.45. The van der Waals surface area contributed by atoms with Crippen molar-refractivity contribution in [3.63, 3.8) is 0 Å². The number of urea groups is 1. The van der Waals surface area contributed by atoms with Gasteiger partial charge in [-0.25, -0.2) is 4.79 Å². The van der Waals surface area contributed by atoms with E-state index in [4.69, 9.17) is 9.47 Å². The van der Waals surface area contributed by atoms with Crippen molar-refractivity contribution < 1.29 is 19.1 Å². The third-order valence-electron chi connectivity index (χ3n) is 3.70. The van der Waals surface area contributed by atoms with E-state index in [9.17, 15) is 9.59 Å². The SMILES string of the molecule is COCCC(=O)N1CCN(C(=O)N2CCOCC2)CC1. The van der Waals surface area contributed by atoms with Crippen LogP contribution in [0.4, 0.5) is 4.79 Å². The van der Waals surface area contributed by atoms with Crippen LogP contribution in [0.5, 0.6) is 0 Å². The summed E-state index contributed by atoms with van der Waals surface area (Å²) < 4.78 is 10.2. The molecule has 3 amide bonds. The Balaban J connectivity index is 1.75. The molecule has 0 spiro atoms. The first-order chi connectivity index (χ1) is 9.72. The summed E-state index contributed by atoms with van der Waals surface area (Å²) in [6, 6.07) is 0.0669. The molecule has 7 heteroatoms. The molecule has 2 fully saturated rings. The van der Waals surface area contributed by atoms with E-state index in [1.807, 2.05) is 14.7 Å². The third-order valence-corrected chi connectivity index (χ3v) is 3.70. The molecule has 0 aromatic carbocycles. The summed E-state index contributed by atoms with van der Waals surface area (Å²) in [5.41, 5.74) is 0. The van der Waals surface area contributed by atoms with Crippen molar-refractivity contribution in [1.82, 2.24) is 14.7 Å². The van der Waals surface area contributed by atoms with Gasteiger partial charge in [0.25, 0.3) is 0 Å². The van der Waals surface area contributed by atoms with Crippen LogP contribution >= 0.6 is 0 Å². The second kappa shape index (κ2) is 7.44. The molecule has 0 aromatic heterocycles. The number of hydrogen-bond acceptors (Lipinski definition) is 4.